The summed E-state index contributed by atoms with van der Waals surface area (Å²) < 4.78 is 0. The van der Waals surface area contributed by atoms with E-state index < -0.39 is 0 Å². The lowest BCUT2D eigenvalue weighted by Crippen LogP contribution is -2.20. The van der Waals surface area contributed by atoms with Crippen molar-refractivity contribution in [1.82, 2.24) is 0 Å². The van der Waals surface area contributed by atoms with Crippen LogP contribution in [0.15, 0.2) is 18.2 Å². The maximum Gasteiger partial charge on any atom is 0.0765 e. The zero-order chi connectivity index (χ0) is 11.5. The Kier molecular flexibility index (Phi) is 3.59. The van der Waals surface area contributed by atoms with Gasteiger partial charge in [-0.15, -0.1) is 0 Å². The molecule has 0 heterocycles. The average Bonchev–Trinajstić information content (AvgIpc) is 3.06. The molecule has 2 nitrogen and oxygen atoms in total. The first-order valence-corrected chi connectivity index (χ1v) is 6.39. The van der Waals surface area contributed by atoms with Gasteiger partial charge in [0.15, 0.2) is 0 Å². The number of rotatable bonds is 5. The Morgan fingerprint density at radius 1 is 1.50 bits per heavy atom. The highest BCUT2D eigenvalue weighted by Gasteiger charge is 2.25. The van der Waals surface area contributed by atoms with E-state index in [4.69, 9.17) is 17.3 Å². The Balaban J connectivity index is 2.05. The largest absolute Gasteiger partial charge is 0.397 e. The van der Waals surface area contributed by atoms with Gasteiger partial charge in [0.2, 0.25) is 0 Å². The summed E-state index contributed by atoms with van der Waals surface area (Å²) in [5.41, 5.74) is 7.56. The molecule has 16 heavy (non-hydrogen) atoms. The van der Waals surface area contributed by atoms with Gasteiger partial charge < -0.3 is 11.1 Å². The number of hydrogen-bond acceptors (Lipinski definition) is 2. The minimum atomic E-state index is 0.495. The summed E-state index contributed by atoms with van der Waals surface area (Å²) in [5.74, 6) is 0.918. The summed E-state index contributed by atoms with van der Waals surface area (Å²) in [5, 5.41) is 4.20. The molecule has 1 saturated carbocycles. The third-order valence-corrected chi connectivity index (χ3v) is 3.52. The highest BCUT2D eigenvalue weighted by Crippen LogP contribution is 2.36. The number of nitrogens with one attached hydrogen (secondary N) is 1. The van der Waals surface area contributed by atoms with Crippen molar-refractivity contribution in [2.24, 2.45) is 5.92 Å². The van der Waals surface area contributed by atoms with Crippen molar-refractivity contribution in [3.63, 3.8) is 0 Å². The van der Waals surface area contributed by atoms with E-state index >= 15 is 0 Å². The van der Waals surface area contributed by atoms with E-state index in [0.29, 0.717) is 11.1 Å². The number of benzene rings is 1. The molecule has 1 fully saturated rings. The Bertz CT molecular complexity index is 341. The monoisotopic (exact) mass is 238 g/mol. The molecule has 3 N–H and O–H groups in total. The molecule has 1 atom stereocenters. The second-order valence-corrected chi connectivity index (χ2v) is 5.04. The van der Waals surface area contributed by atoms with Crippen LogP contribution >= 0.6 is 11.6 Å². The molecule has 2 rings (SSSR count). The molecule has 88 valence electrons. The number of nitrogen functional groups attached to an aromatic ring is 1. The van der Waals surface area contributed by atoms with Crippen LogP contribution in [-0.2, 0) is 0 Å². The number of halogens is 1. The molecule has 1 aliphatic rings. The van der Waals surface area contributed by atoms with Crippen LogP contribution in [0.2, 0.25) is 5.02 Å². The molecule has 1 aromatic rings. The van der Waals surface area contributed by atoms with Crippen LogP contribution < -0.4 is 11.1 Å². The van der Waals surface area contributed by atoms with Crippen molar-refractivity contribution in [1.29, 1.82) is 0 Å². The minimum Gasteiger partial charge on any atom is -0.397 e. The summed E-state index contributed by atoms with van der Waals surface area (Å²) in [7, 11) is 0. The summed E-state index contributed by atoms with van der Waals surface area (Å²) in [6.07, 6.45) is 5.12. The van der Waals surface area contributed by atoms with Gasteiger partial charge in [0, 0.05) is 6.04 Å². The van der Waals surface area contributed by atoms with Crippen LogP contribution in [0, 0.1) is 5.92 Å². The lowest BCUT2D eigenvalue weighted by Gasteiger charge is -2.20. The van der Waals surface area contributed by atoms with E-state index in [0.717, 1.165) is 23.7 Å². The molecule has 0 aliphatic heterocycles. The van der Waals surface area contributed by atoms with Gasteiger partial charge in [-0.1, -0.05) is 37.4 Å². The highest BCUT2D eigenvalue weighted by molar-refractivity contribution is 6.33. The molecule has 0 saturated heterocycles. The number of hydrogen-bond donors (Lipinski definition) is 2. The van der Waals surface area contributed by atoms with Crippen molar-refractivity contribution in [3.05, 3.63) is 23.2 Å². The predicted molar refractivity (Wildman–Crippen MR) is 70.9 cm³/mol. The lowest BCUT2D eigenvalue weighted by atomic mass is 10.1. The highest BCUT2D eigenvalue weighted by atomic mass is 35.5. The van der Waals surface area contributed by atoms with E-state index in [1.54, 1.807) is 0 Å². The zero-order valence-corrected chi connectivity index (χ0v) is 10.4. The van der Waals surface area contributed by atoms with Gasteiger partial charge in [0.05, 0.1) is 16.4 Å². The molecular formula is C13H19ClN2. The fraction of sp³-hybridized carbons (Fsp3) is 0.538. The first-order chi connectivity index (χ1) is 7.70. The number of para-hydroxylation sites is 1. The van der Waals surface area contributed by atoms with Gasteiger partial charge >= 0.3 is 0 Å². The van der Waals surface area contributed by atoms with E-state index in [1.807, 2.05) is 18.2 Å². The molecule has 1 unspecified atom stereocenters. The maximum atomic E-state index is 6.14. The van der Waals surface area contributed by atoms with E-state index in [9.17, 15) is 0 Å². The van der Waals surface area contributed by atoms with Crippen molar-refractivity contribution in [2.45, 2.75) is 38.6 Å². The van der Waals surface area contributed by atoms with Crippen LogP contribution in [0.4, 0.5) is 11.4 Å². The van der Waals surface area contributed by atoms with Gasteiger partial charge in [-0.2, -0.15) is 0 Å². The normalized spacial score (nSPS) is 17.1. The molecule has 0 amide bonds. The van der Waals surface area contributed by atoms with Crippen LogP contribution in [0.3, 0.4) is 0 Å². The molecule has 1 aliphatic carbocycles. The van der Waals surface area contributed by atoms with Gasteiger partial charge in [-0.3, -0.25) is 0 Å². The second kappa shape index (κ2) is 4.96. The summed E-state index contributed by atoms with van der Waals surface area (Å²) in [6, 6.07) is 6.14. The molecule has 1 aromatic carbocycles. The smallest absolute Gasteiger partial charge is 0.0765 e. The van der Waals surface area contributed by atoms with Crippen molar-refractivity contribution < 1.29 is 0 Å². The van der Waals surface area contributed by atoms with Crippen LogP contribution in [0.25, 0.3) is 0 Å². The standard InChI is InChI=1S/C13H19ClN2/c1-2-10(8-9-6-7-9)16-13-11(14)4-3-5-12(13)15/h3-5,9-10,16H,2,6-8,15H2,1H3. The van der Waals surface area contributed by atoms with Gasteiger partial charge in [-0.05, 0) is 30.9 Å². The predicted octanol–water partition coefficient (Wildman–Crippen LogP) is 3.91. The first-order valence-electron chi connectivity index (χ1n) is 6.01. The fourth-order valence-electron chi connectivity index (χ4n) is 1.98. The van der Waals surface area contributed by atoms with Crippen LogP contribution in [0.1, 0.15) is 32.6 Å². The maximum absolute atomic E-state index is 6.14. The van der Waals surface area contributed by atoms with Gasteiger partial charge in [0.25, 0.3) is 0 Å². The summed E-state index contributed by atoms with van der Waals surface area (Å²) in [6.45, 7) is 2.20. The molecule has 3 heteroatoms. The minimum absolute atomic E-state index is 0.495. The third kappa shape index (κ3) is 2.82. The Hall–Kier alpha value is -0.890. The zero-order valence-electron chi connectivity index (χ0n) is 9.67. The lowest BCUT2D eigenvalue weighted by molar-refractivity contribution is 0.587. The van der Waals surface area contributed by atoms with Crippen LogP contribution in [0.5, 0.6) is 0 Å². The fourth-order valence-corrected chi connectivity index (χ4v) is 2.22. The molecule has 0 aromatic heterocycles. The molecule has 0 spiro atoms. The third-order valence-electron chi connectivity index (χ3n) is 3.20. The van der Waals surface area contributed by atoms with Gasteiger partial charge in [-0.25, -0.2) is 0 Å². The number of nitrogens with two attached hydrogens (primary N) is 1. The van der Waals surface area contributed by atoms with Crippen molar-refractivity contribution in [3.8, 4) is 0 Å². The molecule has 0 radical (unpaired) electrons. The average molecular weight is 239 g/mol. The summed E-state index contributed by atoms with van der Waals surface area (Å²) >= 11 is 6.14. The van der Waals surface area contributed by atoms with Crippen molar-refractivity contribution >= 4 is 23.0 Å². The topological polar surface area (TPSA) is 38.0 Å². The van der Waals surface area contributed by atoms with Crippen LogP contribution in [-0.4, -0.2) is 6.04 Å². The van der Waals surface area contributed by atoms with E-state index in [2.05, 4.69) is 12.2 Å². The quantitative estimate of drug-likeness (QED) is 0.764. The Labute approximate surface area is 102 Å². The Morgan fingerprint density at radius 3 is 2.81 bits per heavy atom. The van der Waals surface area contributed by atoms with Crippen molar-refractivity contribution in [2.75, 3.05) is 11.1 Å². The molecule has 0 bridgehead atoms. The van der Waals surface area contributed by atoms with Gasteiger partial charge in [0.1, 0.15) is 0 Å². The van der Waals surface area contributed by atoms with E-state index in [1.165, 1.54) is 19.3 Å². The summed E-state index contributed by atoms with van der Waals surface area (Å²) in [4.78, 5) is 0. The molecular weight excluding hydrogens is 220 g/mol. The first kappa shape index (κ1) is 11.6. The SMILES string of the molecule is CCC(CC1CC1)Nc1c(N)cccc1Cl. The van der Waals surface area contributed by atoms with E-state index in [-0.39, 0.29) is 0 Å². The second-order valence-electron chi connectivity index (χ2n) is 4.63. The Morgan fingerprint density at radius 2 is 2.25 bits per heavy atom. The number of anilines is 2.